The molecule has 2 saturated heterocycles. The number of methoxy groups -OCH3 is 1. The van der Waals surface area contributed by atoms with Crippen LogP contribution in [0.4, 0.5) is 5.82 Å². The van der Waals surface area contributed by atoms with Gasteiger partial charge in [-0.1, -0.05) is 6.07 Å². The summed E-state index contributed by atoms with van der Waals surface area (Å²) in [7, 11) is 1.80. The van der Waals surface area contributed by atoms with Gasteiger partial charge in [0.25, 0.3) is 0 Å². The number of hydrogen-bond donors (Lipinski definition) is 0. The molecule has 3 heterocycles. The number of likely N-dealkylation sites (tertiary alicyclic amines) is 1. The van der Waals surface area contributed by atoms with Crippen LogP contribution in [0, 0.1) is 5.92 Å². The van der Waals surface area contributed by atoms with Gasteiger partial charge in [-0.05, 0) is 63.2 Å². The molecule has 2 aliphatic rings. The second-order valence-corrected chi connectivity index (χ2v) is 7.84. The summed E-state index contributed by atoms with van der Waals surface area (Å²) in [6.07, 6.45) is 8.49. The van der Waals surface area contributed by atoms with Gasteiger partial charge < -0.3 is 14.5 Å². The molecule has 0 amide bonds. The molecule has 5 nitrogen and oxygen atoms in total. The summed E-state index contributed by atoms with van der Waals surface area (Å²) in [5.41, 5.74) is 0. The highest BCUT2D eigenvalue weighted by Crippen LogP contribution is 2.20. The van der Waals surface area contributed by atoms with Crippen molar-refractivity contribution in [2.75, 3.05) is 71.0 Å². The molecular weight excluding hydrogens is 324 g/mol. The molecule has 26 heavy (non-hydrogen) atoms. The third kappa shape index (κ3) is 6.22. The van der Waals surface area contributed by atoms with E-state index in [0.717, 1.165) is 31.4 Å². The van der Waals surface area contributed by atoms with Gasteiger partial charge in [0, 0.05) is 59.2 Å². The molecule has 5 heteroatoms. The van der Waals surface area contributed by atoms with Gasteiger partial charge in [0.2, 0.25) is 0 Å². The zero-order valence-corrected chi connectivity index (χ0v) is 16.5. The Kier molecular flexibility index (Phi) is 8.18. The average Bonchev–Trinajstić information content (AvgIpc) is 2.69. The minimum Gasteiger partial charge on any atom is -0.385 e. The van der Waals surface area contributed by atoms with Gasteiger partial charge in [0.1, 0.15) is 5.82 Å². The van der Waals surface area contributed by atoms with E-state index in [2.05, 4.69) is 31.8 Å². The van der Waals surface area contributed by atoms with Crippen molar-refractivity contribution in [2.45, 2.75) is 32.1 Å². The van der Waals surface area contributed by atoms with Crippen molar-refractivity contribution in [2.24, 2.45) is 5.92 Å². The van der Waals surface area contributed by atoms with Crippen LogP contribution in [0.15, 0.2) is 24.4 Å². The average molecular weight is 361 g/mol. The molecule has 1 atom stereocenters. The van der Waals surface area contributed by atoms with E-state index < -0.39 is 0 Å². The first-order valence-electron chi connectivity index (χ1n) is 10.4. The van der Waals surface area contributed by atoms with Crippen molar-refractivity contribution < 1.29 is 4.74 Å². The number of anilines is 1. The highest BCUT2D eigenvalue weighted by atomic mass is 16.5. The van der Waals surface area contributed by atoms with Gasteiger partial charge in [-0.25, -0.2) is 4.98 Å². The van der Waals surface area contributed by atoms with Crippen molar-refractivity contribution in [3.63, 3.8) is 0 Å². The van der Waals surface area contributed by atoms with E-state index in [0.29, 0.717) is 0 Å². The molecule has 1 aromatic heterocycles. The van der Waals surface area contributed by atoms with E-state index in [9.17, 15) is 0 Å². The first-order chi connectivity index (χ1) is 12.8. The van der Waals surface area contributed by atoms with Gasteiger partial charge in [0.15, 0.2) is 0 Å². The number of piperazine rings is 1. The molecule has 1 aromatic rings. The summed E-state index contributed by atoms with van der Waals surface area (Å²) in [5, 5.41) is 0. The zero-order valence-electron chi connectivity index (χ0n) is 16.5. The van der Waals surface area contributed by atoms with Crippen LogP contribution >= 0.6 is 0 Å². The lowest BCUT2D eigenvalue weighted by Gasteiger charge is -2.39. The Bertz CT molecular complexity index is 490. The van der Waals surface area contributed by atoms with Crippen molar-refractivity contribution in [3.8, 4) is 0 Å². The third-order valence-electron chi connectivity index (χ3n) is 5.79. The summed E-state index contributed by atoms with van der Waals surface area (Å²) in [6.45, 7) is 10.6. The standard InChI is InChI=1S/C21H36N4O/c1-26-17-6-2-5-11-23-12-7-8-20(18-23)19-24-13-15-25(16-14-24)21-9-3-4-10-22-21/h3-4,9-10,20H,2,5-8,11-19H2,1H3/t20-/m1/s1. The molecule has 0 radical (unpaired) electrons. The molecular formula is C21H36N4O. The maximum absolute atomic E-state index is 5.14. The van der Waals surface area contributed by atoms with Crippen LogP contribution in [0.1, 0.15) is 32.1 Å². The normalized spacial score (nSPS) is 22.7. The number of aromatic nitrogens is 1. The van der Waals surface area contributed by atoms with Crippen molar-refractivity contribution in [1.82, 2.24) is 14.8 Å². The Balaban J connectivity index is 1.34. The fourth-order valence-corrected chi connectivity index (χ4v) is 4.33. The van der Waals surface area contributed by atoms with Crippen LogP contribution in [0.5, 0.6) is 0 Å². The van der Waals surface area contributed by atoms with Gasteiger partial charge in [-0.2, -0.15) is 0 Å². The molecule has 146 valence electrons. The highest BCUT2D eigenvalue weighted by molar-refractivity contribution is 5.38. The largest absolute Gasteiger partial charge is 0.385 e. The molecule has 3 rings (SSSR count). The smallest absolute Gasteiger partial charge is 0.128 e. The van der Waals surface area contributed by atoms with Crippen molar-refractivity contribution in [1.29, 1.82) is 0 Å². The minimum absolute atomic E-state index is 0.851. The Morgan fingerprint density at radius 1 is 1.04 bits per heavy atom. The lowest BCUT2D eigenvalue weighted by Crippen LogP contribution is -2.49. The van der Waals surface area contributed by atoms with E-state index >= 15 is 0 Å². The second kappa shape index (κ2) is 10.9. The molecule has 0 aliphatic carbocycles. The summed E-state index contributed by atoms with van der Waals surface area (Å²) < 4.78 is 5.14. The second-order valence-electron chi connectivity index (χ2n) is 7.84. The molecule has 0 aromatic carbocycles. The lowest BCUT2D eigenvalue weighted by atomic mass is 9.96. The third-order valence-corrected chi connectivity index (χ3v) is 5.79. The predicted molar refractivity (Wildman–Crippen MR) is 108 cm³/mol. The number of pyridine rings is 1. The quantitative estimate of drug-likeness (QED) is 0.632. The lowest BCUT2D eigenvalue weighted by molar-refractivity contribution is 0.126. The SMILES string of the molecule is COCCCCCN1CCC[C@@H](CN2CCN(c3ccccn3)CC2)C1. The number of unbranched alkanes of at least 4 members (excludes halogenated alkanes) is 2. The van der Waals surface area contributed by atoms with Crippen molar-refractivity contribution in [3.05, 3.63) is 24.4 Å². The topological polar surface area (TPSA) is 31.8 Å². The van der Waals surface area contributed by atoms with E-state index in [4.69, 9.17) is 4.74 Å². The molecule has 0 unspecified atom stereocenters. The fraction of sp³-hybridized carbons (Fsp3) is 0.762. The first kappa shape index (κ1) is 19.6. The fourth-order valence-electron chi connectivity index (χ4n) is 4.33. The Hall–Kier alpha value is -1.17. The summed E-state index contributed by atoms with van der Waals surface area (Å²) in [6, 6.07) is 6.20. The van der Waals surface area contributed by atoms with E-state index in [-0.39, 0.29) is 0 Å². The number of nitrogens with zero attached hydrogens (tertiary/aromatic N) is 4. The molecule has 0 saturated carbocycles. The molecule has 0 N–H and O–H groups in total. The van der Waals surface area contributed by atoms with Crippen LogP contribution in [0.2, 0.25) is 0 Å². The van der Waals surface area contributed by atoms with Crippen molar-refractivity contribution >= 4 is 5.82 Å². The van der Waals surface area contributed by atoms with Gasteiger partial charge in [0.05, 0.1) is 0 Å². The van der Waals surface area contributed by atoms with Crippen LogP contribution < -0.4 is 4.90 Å². The van der Waals surface area contributed by atoms with Crippen LogP contribution in [-0.2, 0) is 4.74 Å². The molecule has 2 aliphatic heterocycles. The van der Waals surface area contributed by atoms with Gasteiger partial charge in [-0.15, -0.1) is 0 Å². The Morgan fingerprint density at radius 3 is 2.69 bits per heavy atom. The van der Waals surface area contributed by atoms with Crippen LogP contribution in [0.25, 0.3) is 0 Å². The number of ether oxygens (including phenoxy) is 1. The van der Waals surface area contributed by atoms with E-state index in [1.54, 1.807) is 7.11 Å². The highest BCUT2D eigenvalue weighted by Gasteiger charge is 2.24. The van der Waals surface area contributed by atoms with Crippen LogP contribution in [-0.4, -0.2) is 80.9 Å². The monoisotopic (exact) mass is 360 g/mol. The Labute approximate surface area is 159 Å². The summed E-state index contributed by atoms with van der Waals surface area (Å²) in [4.78, 5) is 12.3. The number of hydrogen-bond acceptors (Lipinski definition) is 5. The Morgan fingerprint density at radius 2 is 1.92 bits per heavy atom. The van der Waals surface area contributed by atoms with E-state index in [1.807, 2.05) is 12.3 Å². The molecule has 0 spiro atoms. The van der Waals surface area contributed by atoms with Gasteiger partial charge >= 0.3 is 0 Å². The zero-order chi connectivity index (χ0) is 18.0. The maximum atomic E-state index is 5.14. The van der Waals surface area contributed by atoms with E-state index in [1.165, 1.54) is 71.4 Å². The first-order valence-corrected chi connectivity index (χ1v) is 10.4. The molecule has 0 bridgehead atoms. The maximum Gasteiger partial charge on any atom is 0.128 e. The number of piperidine rings is 1. The summed E-state index contributed by atoms with van der Waals surface area (Å²) >= 11 is 0. The minimum atomic E-state index is 0.851. The van der Waals surface area contributed by atoms with Crippen LogP contribution in [0.3, 0.4) is 0 Å². The molecule has 2 fully saturated rings. The number of rotatable bonds is 9. The van der Waals surface area contributed by atoms with Gasteiger partial charge in [-0.3, -0.25) is 4.90 Å². The predicted octanol–water partition coefficient (Wildman–Crippen LogP) is 2.73. The summed E-state index contributed by atoms with van der Waals surface area (Å²) in [5.74, 6) is 1.98.